The van der Waals surface area contributed by atoms with Gasteiger partial charge in [0.15, 0.2) is 0 Å². The highest BCUT2D eigenvalue weighted by atomic mass is 16.3. The number of aromatic hydroxyl groups is 1. The van der Waals surface area contributed by atoms with Crippen LogP contribution in [0.4, 0.5) is 0 Å². The molecule has 0 atom stereocenters. The normalized spacial score (nSPS) is 23.5. The minimum atomic E-state index is 0.329. The molecule has 1 heterocycles. The Bertz CT molecular complexity index is 395. The minimum Gasteiger partial charge on any atom is -0.508 e. The van der Waals surface area contributed by atoms with Gasteiger partial charge >= 0.3 is 0 Å². The lowest BCUT2D eigenvalue weighted by atomic mass is 9.95. The van der Waals surface area contributed by atoms with Crippen LogP contribution in [0, 0.1) is 0 Å². The van der Waals surface area contributed by atoms with E-state index >= 15 is 0 Å². The Morgan fingerprint density at radius 1 is 1.24 bits per heavy atom. The fraction of sp³-hybridized carbons (Fsp3) is 0.571. The number of hydrogen-bond donors (Lipinski definition) is 2. The molecule has 0 amide bonds. The molecule has 0 bridgehead atoms. The van der Waals surface area contributed by atoms with E-state index in [0.29, 0.717) is 11.2 Å². The van der Waals surface area contributed by atoms with Crippen LogP contribution in [-0.2, 0) is 5.41 Å². The standard InChI is InChI=1S/C14H20N2O/c17-13-3-1-2-12(10-13)14(4-5-14)11-16-8-6-15-7-9-16/h1-3,10,15,17H,4-9,11H2. The van der Waals surface area contributed by atoms with Crippen molar-refractivity contribution in [3.63, 3.8) is 0 Å². The van der Waals surface area contributed by atoms with Gasteiger partial charge in [-0.05, 0) is 30.5 Å². The van der Waals surface area contributed by atoms with Crippen LogP contribution in [0.5, 0.6) is 5.75 Å². The van der Waals surface area contributed by atoms with Gasteiger partial charge in [-0.15, -0.1) is 0 Å². The van der Waals surface area contributed by atoms with Crippen LogP contribution in [0.2, 0.25) is 0 Å². The van der Waals surface area contributed by atoms with Crippen LogP contribution in [-0.4, -0.2) is 42.7 Å². The van der Waals surface area contributed by atoms with Crippen molar-refractivity contribution in [1.82, 2.24) is 10.2 Å². The Balaban J connectivity index is 1.73. The highest BCUT2D eigenvalue weighted by Crippen LogP contribution is 2.49. The van der Waals surface area contributed by atoms with Crippen LogP contribution in [0.1, 0.15) is 18.4 Å². The number of phenolic OH excluding ortho intramolecular Hbond substituents is 1. The average Bonchev–Trinajstić information content (AvgIpc) is 3.11. The average molecular weight is 232 g/mol. The molecule has 3 nitrogen and oxygen atoms in total. The lowest BCUT2D eigenvalue weighted by Gasteiger charge is -2.31. The van der Waals surface area contributed by atoms with Crippen molar-refractivity contribution in [2.24, 2.45) is 0 Å². The number of nitrogens with one attached hydrogen (secondary N) is 1. The number of phenols is 1. The number of rotatable bonds is 3. The first-order valence-corrected chi connectivity index (χ1v) is 6.51. The van der Waals surface area contributed by atoms with Gasteiger partial charge in [0.25, 0.3) is 0 Å². The van der Waals surface area contributed by atoms with Gasteiger partial charge in [-0.3, -0.25) is 4.90 Å². The van der Waals surface area contributed by atoms with E-state index in [-0.39, 0.29) is 0 Å². The zero-order chi connectivity index (χ0) is 11.7. The second-order valence-corrected chi connectivity index (χ2v) is 5.36. The maximum atomic E-state index is 9.59. The number of benzene rings is 1. The van der Waals surface area contributed by atoms with Gasteiger partial charge in [-0.1, -0.05) is 12.1 Å². The Morgan fingerprint density at radius 2 is 2.00 bits per heavy atom. The molecule has 0 spiro atoms. The summed E-state index contributed by atoms with van der Waals surface area (Å²) in [6.07, 6.45) is 2.53. The Hall–Kier alpha value is -1.06. The first kappa shape index (κ1) is 11.1. The molecule has 1 aromatic rings. The SMILES string of the molecule is Oc1cccc(C2(CN3CCNCC3)CC2)c1. The first-order chi connectivity index (χ1) is 8.28. The third-order valence-corrected chi connectivity index (χ3v) is 4.05. The molecule has 3 rings (SSSR count). The van der Waals surface area contributed by atoms with Gasteiger partial charge in [0.1, 0.15) is 5.75 Å². The van der Waals surface area contributed by atoms with Crippen LogP contribution in [0.15, 0.2) is 24.3 Å². The predicted molar refractivity (Wildman–Crippen MR) is 68.3 cm³/mol. The molecule has 1 aromatic carbocycles. The quantitative estimate of drug-likeness (QED) is 0.825. The summed E-state index contributed by atoms with van der Waals surface area (Å²) in [6.45, 7) is 5.67. The summed E-state index contributed by atoms with van der Waals surface area (Å²) in [5.74, 6) is 0.397. The summed E-state index contributed by atoms with van der Waals surface area (Å²) in [4.78, 5) is 2.55. The Labute approximate surface area is 102 Å². The molecule has 2 fully saturated rings. The lowest BCUT2D eigenvalue weighted by Crippen LogP contribution is -2.46. The maximum Gasteiger partial charge on any atom is 0.115 e. The van der Waals surface area contributed by atoms with Crippen LogP contribution in [0.25, 0.3) is 0 Å². The van der Waals surface area contributed by atoms with Crippen LogP contribution >= 0.6 is 0 Å². The topological polar surface area (TPSA) is 35.5 Å². The third kappa shape index (κ3) is 2.31. The molecule has 0 unspecified atom stereocenters. The van der Waals surface area contributed by atoms with Gasteiger partial charge in [0, 0.05) is 38.1 Å². The molecule has 17 heavy (non-hydrogen) atoms. The molecular weight excluding hydrogens is 212 g/mol. The molecule has 2 aliphatic rings. The van der Waals surface area contributed by atoms with Crippen molar-refractivity contribution in [2.75, 3.05) is 32.7 Å². The summed E-state index contributed by atoms with van der Waals surface area (Å²) >= 11 is 0. The van der Waals surface area contributed by atoms with Crippen molar-refractivity contribution in [2.45, 2.75) is 18.3 Å². The molecular formula is C14H20N2O. The van der Waals surface area contributed by atoms with Crippen molar-refractivity contribution < 1.29 is 5.11 Å². The van der Waals surface area contributed by atoms with E-state index in [1.165, 1.54) is 18.4 Å². The second kappa shape index (κ2) is 4.31. The first-order valence-electron chi connectivity index (χ1n) is 6.51. The predicted octanol–water partition coefficient (Wildman–Crippen LogP) is 1.33. The summed E-state index contributed by atoms with van der Waals surface area (Å²) in [5, 5.41) is 13.0. The maximum absolute atomic E-state index is 9.59. The molecule has 3 heteroatoms. The second-order valence-electron chi connectivity index (χ2n) is 5.36. The van der Waals surface area contributed by atoms with Gasteiger partial charge in [-0.2, -0.15) is 0 Å². The van der Waals surface area contributed by atoms with Gasteiger partial charge in [-0.25, -0.2) is 0 Å². The van der Waals surface area contributed by atoms with E-state index in [9.17, 15) is 5.11 Å². The Kier molecular flexibility index (Phi) is 2.81. The summed E-state index contributed by atoms with van der Waals surface area (Å²) in [6, 6.07) is 7.82. The van der Waals surface area contributed by atoms with Crippen molar-refractivity contribution in [3.8, 4) is 5.75 Å². The summed E-state index contributed by atoms with van der Waals surface area (Å²) < 4.78 is 0. The number of piperazine rings is 1. The van der Waals surface area contributed by atoms with Gasteiger partial charge in [0.2, 0.25) is 0 Å². The van der Waals surface area contributed by atoms with Crippen LogP contribution < -0.4 is 5.32 Å². The van der Waals surface area contributed by atoms with Crippen LogP contribution in [0.3, 0.4) is 0 Å². The van der Waals surface area contributed by atoms with Crippen molar-refractivity contribution in [3.05, 3.63) is 29.8 Å². The van der Waals surface area contributed by atoms with E-state index in [1.54, 1.807) is 6.07 Å². The number of nitrogens with zero attached hydrogens (tertiary/aromatic N) is 1. The number of hydrogen-bond acceptors (Lipinski definition) is 3. The van der Waals surface area contributed by atoms with Crippen molar-refractivity contribution >= 4 is 0 Å². The lowest BCUT2D eigenvalue weighted by molar-refractivity contribution is 0.221. The molecule has 1 saturated heterocycles. The van der Waals surface area contributed by atoms with Gasteiger partial charge in [0.05, 0.1) is 0 Å². The van der Waals surface area contributed by atoms with E-state index < -0.39 is 0 Å². The van der Waals surface area contributed by atoms with E-state index in [2.05, 4.69) is 16.3 Å². The zero-order valence-corrected chi connectivity index (χ0v) is 10.2. The zero-order valence-electron chi connectivity index (χ0n) is 10.2. The molecule has 1 aliphatic heterocycles. The summed E-state index contributed by atoms with van der Waals surface area (Å²) in [5.41, 5.74) is 1.65. The minimum absolute atomic E-state index is 0.329. The van der Waals surface area contributed by atoms with Crippen molar-refractivity contribution in [1.29, 1.82) is 0 Å². The third-order valence-electron chi connectivity index (χ3n) is 4.05. The van der Waals surface area contributed by atoms with Gasteiger partial charge < -0.3 is 10.4 Å². The fourth-order valence-electron chi connectivity index (χ4n) is 2.82. The molecule has 0 aromatic heterocycles. The Morgan fingerprint density at radius 3 is 2.65 bits per heavy atom. The van der Waals surface area contributed by atoms with E-state index in [1.807, 2.05) is 12.1 Å². The summed E-state index contributed by atoms with van der Waals surface area (Å²) in [7, 11) is 0. The highest BCUT2D eigenvalue weighted by Gasteiger charge is 2.45. The molecule has 2 N–H and O–H groups in total. The van der Waals surface area contributed by atoms with E-state index in [4.69, 9.17) is 0 Å². The molecule has 0 radical (unpaired) electrons. The fourth-order valence-corrected chi connectivity index (χ4v) is 2.82. The largest absolute Gasteiger partial charge is 0.508 e. The highest BCUT2D eigenvalue weighted by molar-refractivity contribution is 5.37. The molecule has 92 valence electrons. The molecule has 1 saturated carbocycles. The molecule has 1 aliphatic carbocycles. The monoisotopic (exact) mass is 232 g/mol. The van der Waals surface area contributed by atoms with E-state index in [0.717, 1.165) is 32.7 Å². The smallest absolute Gasteiger partial charge is 0.115 e.